The van der Waals surface area contributed by atoms with Crippen LogP contribution in [0.2, 0.25) is 0 Å². The molecule has 8 heteroatoms. The zero-order chi connectivity index (χ0) is 18.2. The van der Waals surface area contributed by atoms with Crippen LogP contribution in [0.15, 0.2) is 18.2 Å². The van der Waals surface area contributed by atoms with E-state index in [0.29, 0.717) is 11.7 Å². The van der Waals surface area contributed by atoms with E-state index in [4.69, 9.17) is 4.74 Å². The molecular formula is C17H21F2NO3S2. The van der Waals surface area contributed by atoms with Crippen LogP contribution in [0.1, 0.15) is 39.0 Å². The maximum Gasteiger partial charge on any atom is 0.306 e. The van der Waals surface area contributed by atoms with E-state index in [9.17, 15) is 18.4 Å². The van der Waals surface area contributed by atoms with Gasteiger partial charge in [0.25, 0.3) is 5.91 Å². The van der Waals surface area contributed by atoms with Gasteiger partial charge in [-0.15, -0.1) is 0 Å². The van der Waals surface area contributed by atoms with Gasteiger partial charge in [0.05, 0.1) is 0 Å². The number of unbranched alkanes of at least 4 members (excludes halogenated alkanes) is 1. The molecule has 1 heterocycles. The first-order chi connectivity index (χ1) is 12.0. The Morgan fingerprint density at radius 3 is 2.68 bits per heavy atom. The third-order valence-corrected chi connectivity index (χ3v) is 6.78. The van der Waals surface area contributed by atoms with E-state index in [1.165, 1.54) is 25.2 Å². The molecule has 0 aromatic heterocycles. The quantitative estimate of drug-likeness (QED) is 0.402. The highest BCUT2D eigenvalue weighted by Gasteiger charge is 2.21. The number of halogens is 2. The van der Waals surface area contributed by atoms with Crippen LogP contribution in [0.25, 0.3) is 0 Å². The topological polar surface area (TPSA) is 55.4 Å². The van der Waals surface area contributed by atoms with E-state index in [1.54, 1.807) is 0 Å². The van der Waals surface area contributed by atoms with Gasteiger partial charge in [-0.25, -0.2) is 8.78 Å². The van der Waals surface area contributed by atoms with Crippen LogP contribution in [-0.4, -0.2) is 29.0 Å². The second-order valence-electron chi connectivity index (χ2n) is 5.79. The summed E-state index contributed by atoms with van der Waals surface area (Å²) < 4.78 is 32.0. The molecule has 0 unspecified atom stereocenters. The van der Waals surface area contributed by atoms with Gasteiger partial charge in [0.15, 0.2) is 6.10 Å². The molecule has 1 N–H and O–H groups in total. The number of esters is 1. The first-order valence-corrected chi connectivity index (χ1v) is 10.6. The van der Waals surface area contributed by atoms with Gasteiger partial charge in [-0.05, 0) is 38.3 Å². The first kappa shape index (κ1) is 20.0. The van der Waals surface area contributed by atoms with Crippen molar-refractivity contribution in [1.82, 2.24) is 0 Å². The Bertz CT molecular complexity index is 589. The van der Waals surface area contributed by atoms with Crippen molar-refractivity contribution in [1.29, 1.82) is 0 Å². The van der Waals surface area contributed by atoms with Crippen molar-refractivity contribution < 1.29 is 23.1 Å². The fraction of sp³-hybridized carbons (Fsp3) is 0.529. The van der Waals surface area contributed by atoms with Crippen molar-refractivity contribution in [3.63, 3.8) is 0 Å². The number of hydrogen-bond donors (Lipinski definition) is 1. The van der Waals surface area contributed by atoms with Gasteiger partial charge in [0.1, 0.15) is 17.3 Å². The predicted molar refractivity (Wildman–Crippen MR) is 97.5 cm³/mol. The minimum absolute atomic E-state index is 0.232. The van der Waals surface area contributed by atoms with Crippen molar-refractivity contribution in [2.75, 3.05) is 11.1 Å². The second kappa shape index (κ2) is 10.0. The van der Waals surface area contributed by atoms with Crippen molar-refractivity contribution in [2.24, 2.45) is 0 Å². The monoisotopic (exact) mass is 389 g/mol. The van der Waals surface area contributed by atoms with Gasteiger partial charge in [-0.3, -0.25) is 9.59 Å². The van der Waals surface area contributed by atoms with E-state index in [2.05, 4.69) is 5.32 Å². The Labute approximate surface area is 153 Å². The van der Waals surface area contributed by atoms with Gasteiger partial charge in [-0.2, -0.15) is 0 Å². The Kier molecular flexibility index (Phi) is 8.02. The highest BCUT2D eigenvalue weighted by molar-refractivity contribution is 8.77. The minimum Gasteiger partial charge on any atom is -0.453 e. The number of rotatable bonds is 8. The van der Waals surface area contributed by atoms with Crippen LogP contribution in [0, 0.1) is 11.6 Å². The molecule has 0 radical (unpaired) electrons. The van der Waals surface area contributed by atoms with E-state index < -0.39 is 35.3 Å². The zero-order valence-corrected chi connectivity index (χ0v) is 15.6. The number of para-hydroxylation sites is 1. The average Bonchev–Trinajstić information content (AvgIpc) is 3.08. The summed E-state index contributed by atoms with van der Waals surface area (Å²) in [5.41, 5.74) is -0.540. The number of hydrogen-bond acceptors (Lipinski definition) is 5. The number of carbonyl (C=O) groups excluding carboxylic acids is 2. The highest BCUT2D eigenvalue weighted by Crippen LogP contribution is 2.39. The van der Waals surface area contributed by atoms with Gasteiger partial charge in [0.2, 0.25) is 0 Å². The summed E-state index contributed by atoms with van der Waals surface area (Å²) in [5.74, 6) is -1.82. The summed E-state index contributed by atoms with van der Waals surface area (Å²) in [5, 5.41) is 2.78. The molecule has 2 atom stereocenters. The SMILES string of the molecule is C[C@@H](OC(=O)CCCC[C@@H]1CCSS1)C(=O)Nc1c(F)cccc1F. The number of carbonyl (C=O) groups is 2. The fourth-order valence-electron chi connectivity index (χ4n) is 2.36. The van der Waals surface area contributed by atoms with Crippen LogP contribution in [0.5, 0.6) is 0 Å². The molecule has 0 aliphatic carbocycles. The van der Waals surface area contributed by atoms with Crippen molar-refractivity contribution in [3.8, 4) is 0 Å². The number of amides is 1. The Balaban J connectivity index is 1.69. The van der Waals surface area contributed by atoms with Crippen molar-refractivity contribution in [3.05, 3.63) is 29.8 Å². The third kappa shape index (κ3) is 6.51. The lowest BCUT2D eigenvalue weighted by Crippen LogP contribution is -2.30. The van der Waals surface area contributed by atoms with Crippen LogP contribution in [-0.2, 0) is 14.3 Å². The van der Waals surface area contributed by atoms with Crippen molar-refractivity contribution >= 4 is 39.2 Å². The van der Waals surface area contributed by atoms with E-state index >= 15 is 0 Å². The van der Waals surface area contributed by atoms with Gasteiger partial charge < -0.3 is 10.1 Å². The van der Waals surface area contributed by atoms with E-state index in [-0.39, 0.29) is 6.42 Å². The molecule has 138 valence electrons. The Morgan fingerprint density at radius 1 is 1.32 bits per heavy atom. The standard InChI is InChI=1S/C17H21F2NO3S2/c1-11(17(22)20-16-13(18)6-4-7-14(16)19)23-15(21)8-3-2-5-12-9-10-24-25-12/h4,6-7,11-12H,2-3,5,8-10H2,1H3,(H,20,22)/t11-,12-/m1/s1. The lowest BCUT2D eigenvalue weighted by Gasteiger charge is -2.14. The lowest BCUT2D eigenvalue weighted by molar-refractivity contribution is -0.153. The predicted octanol–water partition coefficient (Wildman–Crippen LogP) is 4.55. The molecule has 1 saturated heterocycles. The fourth-order valence-corrected chi connectivity index (χ4v) is 5.39. The molecule has 4 nitrogen and oxygen atoms in total. The summed E-state index contributed by atoms with van der Waals surface area (Å²) >= 11 is 0. The molecule has 2 rings (SSSR count). The summed E-state index contributed by atoms with van der Waals surface area (Å²) in [6.07, 6.45) is 3.05. The van der Waals surface area contributed by atoms with Crippen LogP contribution in [0.4, 0.5) is 14.5 Å². The first-order valence-electron chi connectivity index (χ1n) is 8.20. The van der Waals surface area contributed by atoms with E-state index in [0.717, 1.165) is 25.0 Å². The largest absolute Gasteiger partial charge is 0.453 e. The number of ether oxygens (including phenoxy) is 1. The van der Waals surface area contributed by atoms with Crippen LogP contribution >= 0.6 is 21.6 Å². The molecule has 0 saturated carbocycles. The molecule has 0 spiro atoms. The minimum atomic E-state index is -1.12. The maximum absolute atomic E-state index is 13.5. The molecule has 1 aromatic carbocycles. The van der Waals surface area contributed by atoms with E-state index in [1.807, 2.05) is 21.6 Å². The van der Waals surface area contributed by atoms with Gasteiger partial charge in [-0.1, -0.05) is 34.1 Å². The Morgan fingerprint density at radius 2 is 2.04 bits per heavy atom. The molecule has 1 aromatic rings. The zero-order valence-electron chi connectivity index (χ0n) is 13.9. The number of anilines is 1. The third-order valence-electron chi connectivity index (χ3n) is 3.77. The molecule has 0 bridgehead atoms. The molecule has 1 amide bonds. The summed E-state index contributed by atoms with van der Waals surface area (Å²) in [7, 11) is 3.79. The molecule has 1 fully saturated rings. The molecule has 1 aliphatic heterocycles. The average molecular weight is 389 g/mol. The number of nitrogens with one attached hydrogen (secondary N) is 1. The van der Waals surface area contributed by atoms with Gasteiger partial charge in [0, 0.05) is 17.4 Å². The Hall–Kier alpha value is -1.28. The lowest BCUT2D eigenvalue weighted by atomic mass is 10.1. The summed E-state index contributed by atoms with van der Waals surface area (Å²) in [6.45, 7) is 1.37. The molecule has 25 heavy (non-hydrogen) atoms. The van der Waals surface area contributed by atoms with Crippen molar-refractivity contribution in [2.45, 2.75) is 50.4 Å². The maximum atomic E-state index is 13.5. The number of benzene rings is 1. The molecule has 1 aliphatic rings. The van der Waals surface area contributed by atoms with Crippen LogP contribution in [0.3, 0.4) is 0 Å². The summed E-state index contributed by atoms with van der Waals surface area (Å²) in [4.78, 5) is 23.7. The second-order valence-corrected chi connectivity index (χ2v) is 8.58. The highest BCUT2D eigenvalue weighted by atomic mass is 33.1. The summed E-state index contributed by atoms with van der Waals surface area (Å²) in [6, 6.07) is 3.28. The molecular weight excluding hydrogens is 368 g/mol. The van der Waals surface area contributed by atoms with Gasteiger partial charge >= 0.3 is 5.97 Å². The normalized spacial score (nSPS) is 18.0. The smallest absolute Gasteiger partial charge is 0.306 e. The van der Waals surface area contributed by atoms with Crippen LogP contribution < -0.4 is 5.32 Å².